The van der Waals surface area contributed by atoms with Crippen molar-refractivity contribution in [1.29, 1.82) is 0 Å². The molecule has 1 aromatic heterocycles. The molecule has 5 aliphatic rings. The van der Waals surface area contributed by atoms with Crippen LogP contribution in [0.3, 0.4) is 0 Å². The van der Waals surface area contributed by atoms with E-state index in [-0.39, 0.29) is 12.2 Å². The minimum Gasteiger partial charge on any atom is -0.325 e. The predicted octanol–water partition coefficient (Wildman–Crippen LogP) is 6.40. The highest BCUT2D eigenvalue weighted by Crippen LogP contribution is 2.60. The molecule has 216 valence electrons. The van der Waals surface area contributed by atoms with Gasteiger partial charge in [0.05, 0.1) is 0 Å². The van der Waals surface area contributed by atoms with Crippen molar-refractivity contribution in [2.24, 2.45) is 17.8 Å². The number of benzene rings is 2. The fourth-order valence-corrected chi connectivity index (χ4v) is 8.61. The van der Waals surface area contributed by atoms with Crippen molar-refractivity contribution in [1.82, 2.24) is 14.8 Å². The maximum Gasteiger partial charge on any atom is 0.329 e. The van der Waals surface area contributed by atoms with Crippen LogP contribution in [0.4, 0.5) is 10.5 Å². The van der Waals surface area contributed by atoms with Crippen molar-refractivity contribution in [3.8, 4) is 5.69 Å². The van der Waals surface area contributed by atoms with Crippen molar-refractivity contribution >= 4 is 29.6 Å². The molecule has 0 spiro atoms. The molecule has 2 aromatic carbocycles. The highest BCUT2D eigenvalue weighted by atomic mass is 16.2. The highest BCUT2D eigenvalue weighted by Gasteiger charge is 2.51. The molecule has 2 heterocycles. The van der Waals surface area contributed by atoms with Crippen LogP contribution in [-0.4, -0.2) is 33.9 Å². The van der Waals surface area contributed by atoms with Crippen LogP contribution >= 0.6 is 0 Å². The molecule has 0 radical (unpaired) electrons. The van der Waals surface area contributed by atoms with E-state index in [1.807, 2.05) is 32.0 Å². The summed E-state index contributed by atoms with van der Waals surface area (Å²) in [7, 11) is 0. The number of nitrogens with one attached hydrogen (secondary N) is 2. The van der Waals surface area contributed by atoms with Crippen LogP contribution in [0.5, 0.6) is 0 Å². The van der Waals surface area contributed by atoms with Crippen LogP contribution in [-0.2, 0) is 15.0 Å². The van der Waals surface area contributed by atoms with E-state index in [4.69, 9.17) is 0 Å². The SMILES string of the molecule is Cc1ccc(NC(=O)CN2C(=O)NC(=Cc3cc(C)n(-c4ccc(C56CC7CC(CC(C7)C5)C6)cc4)c3C)C2=O)cc1. The van der Waals surface area contributed by atoms with Crippen LogP contribution in [0.15, 0.2) is 60.3 Å². The quantitative estimate of drug-likeness (QED) is 0.269. The number of hydrogen-bond donors (Lipinski definition) is 2. The number of nitrogens with zero attached hydrogens (tertiary/aromatic N) is 2. The van der Waals surface area contributed by atoms with E-state index in [1.165, 1.54) is 44.1 Å². The Morgan fingerprint density at radius 2 is 1.55 bits per heavy atom. The minimum atomic E-state index is -0.598. The van der Waals surface area contributed by atoms with Crippen molar-refractivity contribution in [3.63, 3.8) is 0 Å². The summed E-state index contributed by atoms with van der Waals surface area (Å²) in [5.74, 6) is 1.80. The third-order valence-electron chi connectivity index (χ3n) is 10.1. The minimum absolute atomic E-state index is 0.167. The Bertz CT molecular complexity index is 1580. The summed E-state index contributed by atoms with van der Waals surface area (Å²) in [5.41, 5.74) is 7.71. The van der Waals surface area contributed by atoms with Gasteiger partial charge in [0.1, 0.15) is 12.2 Å². The zero-order valence-electron chi connectivity index (χ0n) is 24.6. The Kier molecular flexibility index (Phi) is 6.37. The molecule has 0 atom stereocenters. The van der Waals surface area contributed by atoms with Crippen molar-refractivity contribution in [2.75, 3.05) is 11.9 Å². The Hall–Kier alpha value is -4.13. The average molecular weight is 563 g/mol. The normalized spacial score (nSPS) is 27.2. The molecule has 3 aromatic rings. The number of aromatic nitrogens is 1. The van der Waals surface area contributed by atoms with Crippen molar-refractivity contribution in [3.05, 3.63) is 88.4 Å². The molecule has 42 heavy (non-hydrogen) atoms. The fraction of sp³-hybridized carbons (Fsp3) is 0.400. The second kappa shape index (κ2) is 10.0. The van der Waals surface area contributed by atoms with Crippen LogP contribution in [0.2, 0.25) is 0 Å². The van der Waals surface area contributed by atoms with Crippen LogP contribution < -0.4 is 10.6 Å². The van der Waals surface area contributed by atoms with E-state index in [1.54, 1.807) is 18.2 Å². The van der Waals surface area contributed by atoms with Gasteiger partial charge in [0.25, 0.3) is 5.91 Å². The van der Waals surface area contributed by atoms with Gasteiger partial charge in [-0.2, -0.15) is 0 Å². The summed E-state index contributed by atoms with van der Waals surface area (Å²) < 4.78 is 2.20. The molecule has 0 unspecified atom stereocenters. The van der Waals surface area contributed by atoms with Crippen LogP contribution in [0.1, 0.15) is 66.6 Å². The first-order valence-corrected chi connectivity index (χ1v) is 15.2. The molecule has 7 heteroatoms. The number of anilines is 1. The molecule has 4 bridgehead atoms. The molecule has 2 N–H and O–H groups in total. The maximum absolute atomic E-state index is 13.1. The third kappa shape index (κ3) is 4.65. The first-order chi connectivity index (χ1) is 20.2. The summed E-state index contributed by atoms with van der Waals surface area (Å²) in [6.07, 6.45) is 10.1. The van der Waals surface area contributed by atoms with Gasteiger partial charge in [-0.3, -0.25) is 9.59 Å². The lowest BCUT2D eigenvalue weighted by atomic mass is 9.48. The summed E-state index contributed by atoms with van der Waals surface area (Å²) >= 11 is 0. The number of rotatable bonds is 6. The lowest BCUT2D eigenvalue weighted by Gasteiger charge is -2.57. The third-order valence-corrected chi connectivity index (χ3v) is 10.1. The fourth-order valence-electron chi connectivity index (χ4n) is 8.61. The molecular weight excluding hydrogens is 524 g/mol. The number of amides is 4. The van der Waals surface area contributed by atoms with Gasteiger partial charge in [-0.1, -0.05) is 29.8 Å². The summed E-state index contributed by atoms with van der Waals surface area (Å²) in [4.78, 5) is 39.2. The van der Waals surface area contributed by atoms with E-state index in [2.05, 4.69) is 46.4 Å². The van der Waals surface area contributed by atoms with Gasteiger partial charge in [0, 0.05) is 22.8 Å². The first kappa shape index (κ1) is 26.7. The summed E-state index contributed by atoms with van der Waals surface area (Å²) in [6, 6.07) is 18.0. The maximum atomic E-state index is 13.1. The number of carbonyl (C=O) groups is 3. The smallest absolute Gasteiger partial charge is 0.325 e. The molecular formula is C35H38N4O3. The zero-order valence-corrected chi connectivity index (χ0v) is 24.6. The van der Waals surface area contributed by atoms with Gasteiger partial charge in [0.15, 0.2) is 0 Å². The lowest BCUT2D eigenvalue weighted by Crippen LogP contribution is -2.48. The number of aryl methyl sites for hydroxylation is 2. The largest absolute Gasteiger partial charge is 0.329 e. The lowest BCUT2D eigenvalue weighted by molar-refractivity contribution is -0.127. The van der Waals surface area contributed by atoms with Crippen LogP contribution in [0, 0.1) is 38.5 Å². The Morgan fingerprint density at radius 3 is 2.17 bits per heavy atom. The Labute approximate surface area is 247 Å². The Balaban J connectivity index is 1.08. The van der Waals surface area contributed by atoms with Crippen molar-refractivity contribution in [2.45, 2.75) is 64.7 Å². The Morgan fingerprint density at radius 1 is 0.929 bits per heavy atom. The van der Waals surface area contributed by atoms with Gasteiger partial charge < -0.3 is 15.2 Å². The zero-order chi connectivity index (χ0) is 29.2. The number of carbonyl (C=O) groups excluding carboxylic acids is 3. The topological polar surface area (TPSA) is 83.4 Å². The molecule has 1 saturated heterocycles. The number of imide groups is 1. The average Bonchev–Trinajstić information content (AvgIpc) is 3.37. The second-order valence-electron chi connectivity index (χ2n) is 13.2. The number of urea groups is 1. The standard InChI is InChI=1S/C35H38N4O3/c1-21-4-8-29(9-5-21)36-32(40)20-38-33(41)31(37-34(38)42)16-27-12-22(2)39(23(27)3)30-10-6-28(7-11-30)35-17-24-13-25(18-35)15-26(14-24)19-35/h4-12,16,24-26H,13-15,17-20H2,1-3H3,(H,36,40)(H,37,42). The molecule has 4 amide bonds. The van der Waals surface area contributed by atoms with Crippen LogP contribution in [0.25, 0.3) is 11.8 Å². The van der Waals surface area contributed by atoms with E-state index in [9.17, 15) is 14.4 Å². The van der Waals surface area contributed by atoms with Gasteiger partial charge >= 0.3 is 6.03 Å². The number of hydrogen-bond acceptors (Lipinski definition) is 3. The molecule has 1 aliphatic heterocycles. The van der Waals surface area contributed by atoms with E-state index < -0.39 is 17.8 Å². The molecule has 8 rings (SSSR count). The molecule has 7 nitrogen and oxygen atoms in total. The molecule has 4 saturated carbocycles. The van der Waals surface area contributed by atoms with E-state index >= 15 is 0 Å². The van der Waals surface area contributed by atoms with Gasteiger partial charge in [-0.25, -0.2) is 9.69 Å². The van der Waals surface area contributed by atoms with E-state index in [0.29, 0.717) is 11.1 Å². The second-order valence-corrected chi connectivity index (χ2v) is 13.2. The van der Waals surface area contributed by atoms with Crippen molar-refractivity contribution < 1.29 is 14.4 Å². The molecule has 4 aliphatic carbocycles. The van der Waals surface area contributed by atoms with E-state index in [0.717, 1.165) is 50.9 Å². The highest BCUT2D eigenvalue weighted by molar-refractivity contribution is 6.16. The predicted molar refractivity (Wildman–Crippen MR) is 163 cm³/mol. The monoisotopic (exact) mass is 562 g/mol. The first-order valence-electron chi connectivity index (χ1n) is 15.2. The molecule has 5 fully saturated rings. The van der Waals surface area contributed by atoms with Gasteiger partial charge in [-0.15, -0.1) is 0 Å². The van der Waals surface area contributed by atoms with Gasteiger partial charge in [0.2, 0.25) is 5.91 Å². The summed E-state index contributed by atoms with van der Waals surface area (Å²) in [5, 5.41) is 5.40. The summed E-state index contributed by atoms with van der Waals surface area (Å²) in [6.45, 7) is 5.69. The van der Waals surface area contributed by atoms with Gasteiger partial charge in [-0.05, 0) is 130 Å².